The molecule has 0 spiro atoms. The molecule has 0 saturated heterocycles. The maximum absolute atomic E-state index is 12.7. The molecule has 0 saturated carbocycles. The van der Waals surface area contributed by atoms with E-state index >= 15 is 0 Å². The number of aromatic nitrogens is 1. The molecule has 144 valence electrons. The summed E-state index contributed by atoms with van der Waals surface area (Å²) in [7, 11) is 0. The number of hydrogen-bond donors (Lipinski definition) is 1. The van der Waals surface area contributed by atoms with Crippen molar-refractivity contribution in [2.24, 2.45) is 0 Å². The molecule has 0 unspecified atom stereocenters. The molecular formula is C22H22N2O3S. The van der Waals surface area contributed by atoms with Crippen LogP contribution in [0.15, 0.2) is 48.5 Å². The summed E-state index contributed by atoms with van der Waals surface area (Å²) in [5, 5.41) is 3.48. The van der Waals surface area contributed by atoms with E-state index in [2.05, 4.69) is 17.2 Å². The van der Waals surface area contributed by atoms with E-state index in [0.29, 0.717) is 29.7 Å². The van der Waals surface area contributed by atoms with Gasteiger partial charge in [0.05, 0.1) is 17.2 Å². The smallest absolute Gasteiger partial charge is 0.257 e. The number of anilines is 1. The van der Waals surface area contributed by atoms with Crippen LogP contribution in [0, 0.1) is 0 Å². The van der Waals surface area contributed by atoms with E-state index in [1.807, 2.05) is 36.4 Å². The van der Waals surface area contributed by atoms with Crippen molar-refractivity contribution in [3.05, 3.63) is 59.0 Å². The van der Waals surface area contributed by atoms with Gasteiger partial charge < -0.3 is 9.47 Å². The van der Waals surface area contributed by atoms with E-state index < -0.39 is 0 Å². The number of benzene rings is 2. The standard InChI is InChI=1S/C22H22N2O3S/c1-2-3-6-12-26-16-9-7-8-15(13-16)21(25)24-22-23-20-17-10-4-5-11-18(17)27-14-19(20)28-22/h4-5,7-11,13H,2-3,6,12,14H2,1H3,(H,23,24,25). The zero-order valence-corrected chi connectivity index (χ0v) is 16.6. The number of ether oxygens (including phenoxy) is 2. The lowest BCUT2D eigenvalue weighted by atomic mass is 10.1. The molecule has 1 aliphatic heterocycles. The van der Waals surface area contributed by atoms with Crippen LogP contribution in [0.1, 0.15) is 41.4 Å². The summed E-state index contributed by atoms with van der Waals surface area (Å²) in [4.78, 5) is 18.3. The molecule has 1 N–H and O–H groups in total. The Morgan fingerprint density at radius 2 is 2.11 bits per heavy atom. The number of carbonyl (C=O) groups excluding carboxylic acids is 1. The minimum atomic E-state index is -0.195. The number of para-hydroxylation sites is 1. The molecule has 2 aromatic carbocycles. The summed E-state index contributed by atoms with van der Waals surface area (Å²) >= 11 is 1.45. The summed E-state index contributed by atoms with van der Waals surface area (Å²) < 4.78 is 11.5. The zero-order chi connectivity index (χ0) is 19.3. The SMILES string of the molecule is CCCCCOc1cccc(C(=O)Nc2nc3c(s2)COc2ccccc2-3)c1. The first-order valence-corrected chi connectivity index (χ1v) is 10.3. The molecule has 0 fully saturated rings. The number of thiazole rings is 1. The van der Waals surface area contributed by atoms with E-state index in [-0.39, 0.29) is 5.91 Å². The number of nitrogens with one attached hydrogen (secondary N) is 1. The highest BCUT2D eigenvalue weighted by molar-refractivity contribution is 7.16. The van der Waals surface area contributed by atoms with Crippen LogP contribution in [0.3, 0.4) is 0 Å². The summed E-state index contributed by atoms with van der Waals surface area (Å²) in [6.07, 6.45) is 3.31. The van der Waals surface area contributed by atoms with Crippen molar-refractivity contribution in [3.63, 3.8) is 0 Å². The Labute approximate surface area is 168 Å². The number of amides is 1. The first-order chi connectivity index (χ1) is 13.7. The highest BCUT2D eigenvalue weighted by Gasteiger charge is 2.22. The molecule has 0 radical (unpaired) electrons. The quantitative estimate of drug-likeness (QED) is 0.536. The van der Waals surface area contributed by atoms with Gasteiger partial charge in [0.25, 0.3) is 5.91 Å². The molecule has 4 rings (SSSR count). The third-order valence-corrected chi connectivity index (χ3v) is 5.48. The van der Waals surface area contributed by atoms with Crippen molar-refractivity contribution in [2.75, 3.05) is 11.9 Å². The van der Waals surface area contributed by atoms with Crippen LogP contribution in [0.5, 0.6) is 11.5 Å². The average molecular weight is 394 g/mol. The predicted octanol–water partition coefficient (Wildman–Crippen LogP) is 5.52. The van der Waals surface area contributed by atoms with Crippen molar-refractivity contribution in [1.29, 1.82) is 0 Å². The van der Waals surface area contributed by atoms with Crippen LogP contribution < -0.4 is 14.8 Å². The molecule has 0 aliphatic carbocycles. The number of carbonyl (C=O) groups is 1. The number of fused-ring (bicyclic) bond motifs is 3. The van der Waals surface area contributed by atoms with Gasteiger partial charge in [-0.25, -0.2) is 4.98 Å². The fourth-order valence-corrected chi connectivity index (χ4v) is 3.97. The molecule has 1 aliphatic rings. The van der Waals surface area contributed by atoms with Gasteiger partial charge in [-0.1, -0.05) is 49.3 Å². The lowest BCUT2D eigenvalue weighted by Gasteiger charge is -2.15. The fraction of sp³-hybridized carbons (Fsp3) is 0.273. The van der Waals surface area contributed by atoms with Gasteiger partial charge in [-0.2, -0.15) is 0 Å². The molecule has 1 aromatic heterocycles. The van der Waals surface area contributed by atoms with Crippen LogP contribution in [-0.4, -0.2) is 17.5 Å². The van der Waals surface area contributed by atoms with Gasteiger partial charge in [-0.15, -0.1) is 0 Å². The highest BCUT2D eigenvalue weighted by atomic mass is 32.1. The van der Waals surface area contributed by atoms with E-state index in [1.165, 1.54) is 11.3 Å². The Morgan fingerprint density at radius 3 is 3.00 bits per heavy atom. The van der Waals surface area contributed by atoms with Gasteiger partial charge in [-0.05, 0) is 36.8 Å². The Bertz CT molecular complexity index is 983. The second-order valence-electron chi connectivity index (χ2n) is 6.61. The van der Waals surface area contributed by atoms with Gasteiger partial charge in [0.15, 0.2) is 5.13 Å². The predicted molar refractivity (Wildman–Crippen MR) is 111 cm³/mol. The second-order valence-corrected chi connectivity index (χ2v) is 7.70. The molecule has 3 aromatic rings. The minimum absolute atomic E-state index is 0.195. The van der Waals surface area contributed by atoms with Crippen molar-refractivity contribution >= 4 is 22.4 Å². The van der Waals surface area contributed by atoms with Crippen molar-refractivity contribution < 1.29 is 14.3 Å². The van der Waals surface area contributed by atoms with Crippen molar-refractivity contribution in [2.45, 2.75) is 32.8 Å². The molecule has 2 heterocycles. The topological polar surface area (TPSA) is 60.5 Å². The van der Waals surface area contributed by atoms with Crippen molar-refractivity contribution in [3.8, 4) is 22.8 Å². The zero-order valence-electron chi connectivity index (χ0n) is 15.7. The Balaban J connectivity index is 1.46. The van der Waals surface area contributed by atoms with Gasteiger partial charge in [0, 0.05) is 11.1 Å². The van der Waals surface area contributed by atoms with Crippen molar-refractivity contribution in [1.82, 2.24) is 4.98 Å². The summed E-state index contributed by atoms with van der Waals surface area (Å²) in [6, 6.07) is 15.1. The first kappa shape index (κ1) is 18.5. The summed E-state index contributed by atoms with van der Waals surface area (Å²) in [6.45, 7) is 3.30. The van der Waals surface area contributed by atoms with E-state index in [4.69, 9.17) is 9.47 Å². The maximum Gasteiger partial charge on any atom is 0.257 e. The summed E-state index contributed by atoms with van der Waals surface area (Å²) in [5.74, 6) is 1.34. The van der Waals surface area contributed by atoms with Crippen LogP contribution in [0.2, 0.25) is 0 Å². The minimum Gasteiger partial charge on any atom is -0.494 e. The normalized spacial score (nSPS) is 11.9. The lowest BCUT2D eigenvalue weighted by molar-refractivity contribution is 0.102. The van der Waals surface area contributed by atoms with Crippen LogP contribution >= 0.6 is 11.3 Å². The largest absolute Gasteiger partial charge is 0.494 e. The number of hydrogen-bond acceptors (Lipinski definition) is 5. The van der Waals surface area contributed by atoms with E-state index in [0.717, 1.165) is 41.1 Å². The third-order valence-electron chi connectivity index (χ3n) is 4.53. The van der Waals surface area contributed by atoms with Gasteiger partial charge in [0.2, 0.25) is 0 Å². The molecular weight excluding hydrogens is 372 g/mol. The molecule has 5 nitrogen and oxygen atoms in total. The fourth-order valence-electron chi connectivity index (χ4n) is 3.08. The monoisotopic (exact) mass is 394 g/mol. The number of unbranched alkanes of at least 4 members (excludes halogenated alkanes) is 2. The van der Waals surface area contributed by atoms with Crippen LogP contribution in [-0.2, 0) is 6.61 Å². The molecule has 6 heteroatoms. The van der Waals surface area contributed by atoms with Gasteiger partial charge in [0.1, 0.15) is 18.1 Å². The highest BCUT2D eigenvalue weighted by Crippen LogP contribution is 2.40. The maximum atomic E-state index is 12.7. The molecule has 0 bridgehead atoms. The molecule has 1 amide bonds. The third kappa shape index (κ3) is 4.02. The Kier molecular flexibility index (Phi) is 5.58. The lowest BCUT2D eigenvalue weighted by Crippen LogP contribution is -2.12. The van der Waals surface area contributed by atoms with Crippen LogP contribution in [0.25, 0.3) is 11.3 Å². The number of rotatable bonds is 7. The number of nitrogens with zero attached hydrogens (tertiary/aromatic N) is 1. The summed E-state index contributed by atoms with van der Waals surface area (Å²) in [5.41, 5.74) is 2.40. The van der Waals surface area contributed by atoms with Gasteiger partial charge in [-0.3, -0.25) is 10.1 Å². The van der Waals surface area contributed by atoms with E-state index in [1.54, 1.807) is 12.1 Å². The molecule has 28 heavy (non-hydrogen) atoms. The first-order valence-electron chi connectivity index (χ1n) is 9.50. The van der Waals surface area contributed by atoms with Gasteiger partial charge >= 0.3 is 0 Å². The molecule has 0 atom stereocenters. The van der Waals surface area contributed by atoms with E-state index in [9.17, 15) is 4.79 Å². The second kappa shape index (κ2) is 8.44. The Morgan fingerprint density at radius 1 is 1.21 bits per heavy atom. The van der Waals surface area contributed by atoms with Crippen LogP contribution in [0.4, 0.5) is 5.13 Å². The average Bonchev–Trinajstić information content (AvgIpc) is 3.14. The Hall–Kier alpha value is -2.86.